The molecular formula is C26H22O8. The van der Waals surface area contributed by atoms with E-state index >= 15 is 0 Å². The van der Waals surface area contributed by atoms with Crippen LogP contribution in [0, 0.1) is 0 Å². The van der Waals surface area contributed by atoms with Gasteiger partial charge in [-0.1, -0.05) is 54.6 Å². The number of aliphatic hydroxyl groups is 1. The molecule has 3 aromatic rings. The van der Waals surface area contributed by atoms with Crippen LogP contribution in [0.3, 0.4) is 0 Å². The Bertz CT molecular complexity index is 1120. The van der Waals surface area contributed by atoms with Crippen LogP contribution < -0.4 is 0 Å². The van der Waals surface area contributed by atoms with Gasteiger partial charge in [0.2, 0.25) is 0 Å². The lowest BCUT2D eigenvalue weighted by Crippen LogP contribution is -2.42. The maximum atomic E-state index is 12.7. The van der Waals surface area contributed by atoms with Gasteiger partial charge in [0.1, 0.15) is 12.7 Å². The number of hydrogen-bond donors (Lipinski definition) is 1. The van der Waals surface area contributed by atoms with E-state index in [0.29, 0.717) is 5.56 Å². The monoisotopic (exact) mass is 462 g/mol. The zero-order valence-corrected chi connectivity index (χ0v) is 18.0. The molecule has 0 aromatic heterocycles. The summed E-state index contributed by atoms with van der Waals surface area (Å²) >= 11 is 0. The van der Waals surface area contributed by atoms with Crippen LogP contribution >= 0.6 is 0 Å². The van der Waals surface area contributed by atoms with Crippen LogP contribution in [0.1, 0.15) is 31.1 Å². The second-order valence-electron chi connectivity index (χ2n) is 7.50. The summed E-state index contributed by atoms with van der Waals surface area (Å²) in [6.45, 7) is -0.336. The van der Waals surface area contributed by atoms with E-state index in [1.807, 2.05) is 0 Å². The smallest absolute Gasteiger partial charge is 0.338 e. The quantitative estimate of drug-likeness (QED) is 0.422. The third-order valence-electron chi connectivity index (χ3n) is 5.18. The van der Waals surface area contributed by atoms with Crippen molar-refractivity contribution < 1.29 is 38.4 Å². The number of rotatable bonds is 7. The lowest BCUT2D eigenvalue weighted by molar-refractivity contribution is -0.135. The summed E-state index contributed by atoms with van der Waals surface area (Å²) in [7, 11) is 0. The zero-order chi connectivity index (χ0) is 23.9. The number of carbonyl (C=O) groups is 3. The Kier molecular flexibility index (Phi) is 7.31. The topological polar surface area (TPSA) is 108 Å². The van der Waals surface area contributed by atoms with Crippen molar-refractivity contribution in [3.05, 3.63) is 108 Å². The van der Waals surface area contributed by atoms with Gasteiger partial charge < -0.3 is 24.1 Å². The summed E-state index contributed by atoms with van der Waals surface area (Å²) < 4.78 is 21.8. The van der Waals surface area contributed by atoms with Crippen LogP contribution in [-0.4, -0.2) is 54.2 Å². The minimum Gasteiger partial charge on any atom is -0.459 e. The number of esters is 3. The number of ether oxygens (including phenoxy) is 4. The Balaban J connectivity index is 1.51. The molecule has 0 radical (unpaired) electrons. The third-order valence-corrected chi connectivity index (χ3v) is 5.18. The molecule has 174 valence electrons. The fourth-order valence-corrected chi connectivity index (χ4v) is 3.46. The van der Waals surface area contributed by atoms with Gasteiger partial charge in [-0.15, -0.1) is 0 Å². The van der Waals surface area contributed by atoms with E-state index in [-0.39, 0.29) is 17.7 Å². The molecule has 1 aliphatic heterocycles. The van der Waals surface area contributed by atoms with Gasteiger partial charge in [0.15, 0.2) is 18.5 Å². The minimum absolute atomic E-state index is 0.252. The Hall–Kier alpha value is -4.01. The molecule has 1 heterocycles. The molecule has 1 fully saturated rings. The van der Waals surface area contributed by atoms with E-state index in [0.717, 1.165) is 0 Å². The number of aliphatic hydroxyl groups excluding tert-OH is 1. The summed E-state index contributed by atoms with van der Waals surface area (Å²) in [5.74, 6) is -2.05. The fourth-order valence-electron chi connectivity index (χ4n) is 3.46. The largest absolute Gasteiger partial charge is 0.459 e. The van der Waals surface area contributed by atoms with E-state index in [4.69, 9.17) is 18.9 Å². The van der Waals surface area contributed by atoms with Crippen LogP contribution in [0.25, 0.3) is 0 Å². The first-order valence-electron chi connectivity index (χ1n) is 10.6. The second kappa shape index (κ2) is 10.7. The van der Waals surface area contributed by atoms with Crippen LogP contribution in [0.4, 0.5) is 0 Å². The summed E-state index contributed by atoms with van der Waals surface area (Å²) in [5, 5.41) is 10.5. The molecule has 1 N–H and O–H groups in total. The van der Waals surface area contributed by atoms with Gasteiger partial charge in [-0.2, -0.15) is 0 Å². The number of hydrogen-bond acceptors (Lipinski definition) is 8. The van der Waals surface area contributed by atoms with Crippen molar-refractivity contribution in [2.24, 2.45) is 0 Å². The average molecular weight is 462 g/mol. The van der Waals surface area contributed by atoms with Gasteiger partial charge in [-0.05, 0) is 36.4 Å². The van der Waals surface area contributed by atoms with E-state index in [9.17, 15) is 19.5 Å². The number of carbonyl (C=O) groups excluding carboxylic acids is 3. The highest BCUT2D eigenvalue weighted by Crippen LogP contribution is 2.28. The third kappa shape index (κ3) is 5.48. The van der Waals surface area contributed by atoms with Gasteiger partial charge in [0.25, 0.3) is 0 Å². The number of benzene rings is 3. The Morgan fingerprint density at radius 3 is 1.53 bits per heavy atom. The predicted molar refractivity (Wildman–Crippen MR) is 119 cm³/mol. The van der Waals surface area contributed by atoms with E-state index in [1.54, 1.807) is 91.0 Å². The van der Waals surface area contributed by atoms with E-state index in [2.05, 4.69) is 0 Å². The van der Waals surface area contributed by atoms with Crippen molar-refractivity contribution in [3.63, 3.8) is 0 Å². The fraction of sp³-hybridized carbons (Fsp3) is 0.192. The first-order chi connectivity index (χ1) is 16.5. The molecule has 8 heteroatoms. The lowest BCUT2D eigenvalue weighted by Gasteiger charge is -2.23. The molecule has 1 saturated heterocycles. The molecule has 34 heavy (non-hydrogen) atoms. The molecule has 8 nitrogen and oxygen atoms in total. The first kappa shape index (κ1) is 23.2. The SMILES string of the molecule is O=C(OCC1O[C@@H](O)[C@@H](OC(=O)c2ccccc2)[C@H]1OC(=O)c1ccccc1)c1ccccc1. The first-order valence-corrected chi connectivity index (χ1v) is 10.6. The van der Waals surface area contributed by atoms with Gasteiger partial charge in [-0.3, -0.25) is 0 Å². The molecule has 4 rings (SSSR count). The van der Waals surface area contributed by atoms with Crippen molar-refractivity contribution in [1.29, 1.82) is 0 Å². The highest BCUT2D eigenvalue weighted by Gasteiger charge is 2.50. The summed E-state index contributed by atoms with van der Waals surface area (Å²) in [4.78, 5) is 37.6. The minimum atomic E-state index is -1.60. The molecule has 0 spiro atoms. The van der Waals surface area contributed by atoms with Gasteiger partial charge in [-0.25, -0.2) is 14.4 Å². The molecule has 1 unspecified atom stereocenters. The molecule has 0 amide bonds. The predicted octanol–water partition coefficient (Wildman–Crippen LogP) is 3.01. The average Bonchev–Trinajstić information content (AvgIpc) is 3.17. The lowest BCUT2D eigenvalue weighted by atomic mass is 10.1. The van der Waals surface area contributed by atoms with Crippen LogP contribution in [0.5, 0.6) is 0 Å². The maximum absolute atomic E-state index is 12.7. The zero-order valence-electron chi connectivity index (χ0n) is 18.0. The highest BCUT2D eigenvalue weighted by atomic mass is 16.7. The molecule has 0 aliphatic carbocycles. The molecule has 0 saturated carbocycles. The molecule has 4 atom stereocenters. The van der Waals surface area contributed by atoms with Crippen LogP contribution in [0.2, 0.25) is 0 Å². The van der Waals surface area contributed by atoms with E-state index in [1.165, 1.54) is 0 Å². The molecular weight excluding hydrogens is 440 g/mol. The van der Waals surface area contributed by atoms with Crippen molar-refractivity contribution >= 4 is 17.9 Å². The van der Waals surface area contributed by atoms with Crippen molar-refractivity contribution in [1.82, 2.24) is 0 Å². The molecule has 0 bridgehead atoms. The van der Waals surface area contributed by atoms with Crippen molar-refractivity contribution in [2.75, 3.05) is 6.61 Å². The van der Waals surface area contributed by atoms with Crippen molar-refractivity contribution in [3.8, 4) is 0 Å². The molecule has 1 aliphatic rings. The summed E-state index contributed by atoms with van der Waals surface area (Å²) in [6, 6.07) is 24.7. The Morgan fingerprint density at radius 1 is 0.647 bits per heavy atom. The van der Waals surface area contributed by atoms with E-state index < -0.39 is 42.5 Å². The van der Waals surface area contributed by atoms with Crippen LogP contribution in [-0.2, 0) is 18.9 Å². The van der Waals surface area contributed by atoms with Gasteiger partial charge in [0.05, 0.1) is 16.7 Å². The standard InChI is InChI=1S/C26H22O8/c27-23(17-10-4-1-5-11-17)31-16-20-21(33-24(28)18-12-6-2-7-13-18)22(26(30)32-20)34-25(29)19-14-8-3-9-15-19/h1-15,20-22,26,30H,16H2/t20?,21-,22-,26+/m0/s1. The highest BCUT2D eigenvalue weighted by molar-refractivity contribution is 5.90. The second-order valence-corrected chi connectivity index (χ2v) is 7.50. The summed E-state index contributed by atoms with van der Waals surface area (Å²) in [6.07, 6.45) is -5.22. The van der Waals surface area contributed by atoms with Gasteiger partial charge in [0, 0.05) is 0 Å². The maximum Gasteiger partial charge on any atom is 0.338 e. The normalized spacial score (nSPS) is 21.4. The Morgan fingerprint density at radius 2 is 1.06 bits per heavy atom. The summed E-state index contributed by atoms with van der Waals surface area (Å²) in [5.41, 5.74) is 0.838. The Labute approximate surface area is 195 Å². The van der Waals surface area contributed by atoms with Gasteiger partial charge >= 0.3 is 17.9 Å². The van der Waals surface area contributed by atoms with Crippen LogP contribution in [0.15, 0.2) is 91.0 Å². The van der Waals surface area contributed by atoms with Crippen molar-refractivity contribution in [2.45, 2.75) is 24.6 Å². The molecule has 3 aromatic carbocycles.